The van der Waals surface area contributed by atoms with Crippen molar-refractivity contribution in [3.8, 4) is 0 Å². The zero-order valence-corrected chi connectivity index (χ0v) is 13.4. The first kappa shape index (κ1) is 13.7. The molecule has 0 saturated heterocycles. The number of anilines is 1. The van der Waals surface area contributed by atoms with Gasteiger partial charge in [0.05, 0.1) is 10.4 Å². The highest BCUT2D eigenvalue weighted by atomic mass is 35.5. The lowest BCUT2D eigenvalue weighted by atomic mass is 10.1. The predicted octanol–water partition coefficient (Wildman–Crippen LogP) is 5.97. The van der Waals surface area contributed by atoms with Crippen LogP contribution in [0.3, 0.4) is 0 Å². The largest absolute Gasteiger partial charge is 0.373 e. The molecule has 1 N–H and O–H groups in total. The fourth-order valence-corrected chi connectivity index (χ4v) is 4.12. The van der Waals surface area contributed by atoms with Crippen LogP contribution >= 0.6 is 34.3 Å². The second-order valence-corrected chi connectivity index (χ2v) is 7.33. The minimum absolute atomic E-state index is 0.161. The summed E-state index contributed by atoms with van der Waals surface area (Å²) in [5, 5.41) is 5.72. The van der Waals surface area contributed by atoms with Gasteiger partial charge in [-0.3, -0.25) is 0 Å². The molecule has 1 unspecified atom stereocenters. The maximum absolute atomic E-state index is 6.09. The highest BCUT2D eigenvalue weighted by Gasteiger charge is 2.17. The van der Waals surface area contributed by atoms with Gasteiger partial charge in [0, 0.05) is 15.4 Å². The number of benzene rings is 1. The van der Waals surface area contributed by atoms with Gasteiger partial charge in [-0.1, -0.05) is 29.8 Å². The second kappa shape index (κ2) is 6.00. The molecule has 1 atom stereocenters. The summed E-state index contributed by atoms with van der Waals surface area (Å²) >= 11 is 9.47. The van der Waals surface area contributed by atoms with E-state index in [0.717, 1.165) is 10.0 Å². The third-order valence-electron chi connectivity index (χ3n) is 3.04. The summed E-state index contributed by atoms with van der Waals surface area (Å²) in [6.07, 6.45) is 0. The molecule has 0 bridgehead atoms. The molecule has 0 radical (unpaired) electrons. The van der Waals surface area contributed by atoms with Crippen LogP contribution < -0.4 is 5.32 Å². The van der Waals surface area contributed by atoms with Crippen molar-refractivity contribution in [3.63, 3.8) is 0 Å². The molecule has 2 aromatic heterocycles. The van der Waals surface area contributed by atoms with Gasteiger partial charge in [0.1, 0.15) is 0 Å². The van der Waals surface area contributed by atoms with E-state index >= 15 is 0 Å². The van der Waals surface area contributed by atoms with Crippen LogP contribution in [-0.4, -0.2) is 0 Å². The van der Waals surface area contributed by atoms with E-state index in [0.29, 0.717) is 0 Å². The normalized spacial score (nSPS) is 12.3. The van der Waals surface area contributed by atoms with Crippen molar-refractivity contribution in [2.75, 3.05) is 5.32 Å². The van der Waals surface area contributed by atoms with Gasteiger partial charge >= 0.3 is 0 Å². The molecule has 2 heterocycles. The maximum Gasteiger partial charge on any atom is 0.0954 e. The van der Waals surface area contributed by atoms with Crippen LogP contribution in [0.1, 0.15) is 21.4 Å². The average Bonchev–Trinajstić information content (AvgIpc) is 3.07. The van der Waals surface area contributed by atoms with Crippen molar-refractivity contribution in [3.05, 3.63) is 73.6 Å². The topological polar surface area (TPSA) is 12.0 Å². The highest BCUT2D eigenvalue weighted by Crippen LogP contribution is 2.35. The molecule has 0 aliphatic heterocycles. The van der Waals surface area contributed by atoms with Gasteiger partial charge in [-0.2, -0.15) is 0 Å². The van der Waals surface area contributed by atoms with E-state index in [1.54, 1.807) is 22.7 Å². The molecule has 0 fully saturated rings. The van der Waals surface area contributed by atoms with Crippen LogP contribution in [0, 0.1) is 6.92 Å². The highest BCUT2D eigenvalue weighted by molar-refractivity contribution is 7.16. The van der Waals surface area contributed by atoms with Crippen LogP contribution in [0.15, 0.2) is 53.9 Å². The van der Waals surface area contributed by atoms with Crippen LogP contribution in [0.4, 0.5) is 5.69 Å². The first-order chi connectivity index (χ1) is 9.72. The summed E-state index contributed by atoms with van der Waals surface area (Å²) in [7, 11) is 0. The molecule has 0 aliphatic carbocycles. The lowest BCUT2D eigenvalue weighted by molar-refractivity contribution is 0.992. The number of nitrogens with one attached hydrogen (secondary N) is 1. The Balaban J connectivity index is 1.94. The fourth-order valence-electron chi connectivity index (χ4n) is 2.12. The Labute approximate surface area is 131 Å². The lowest BCUT2D eigenvalue weighted by Crippen LogP contribution is -2.09. The Bertz CT molecular complexity index is 688. The van der Waals surface area contributed by atoms with E-state index in [9.17, 15) is 0 Å². The monoisotopic (exact) mass is 319 g/mol. The van der Waals surface area contributed by atoms with Crippen molar-refractivity contribution in [2.24, 2.45) is 0 Å². The first-order valence-electron chi connectivity index (χ1n) is 6.34. The molecular formula is C16H14ClNS2. The lowest BCUT2D eigenvalue weighted by Gasteiger charge is -2.18. The van der Waals surface area contributed by atoms with Crippen molar-refractivity contribution in [1.29, 1.82) is 0 Å². The van der Waals surface area contributed by atoms with E-state index in [-0.39, 0.29) is 6.04 Å². The Morgan fingerprint density at radius 2 is 1.95 bits per heavy atom. The number of thiophene rings is 2. The fraction of sp³-hybridized carbons (Fsp3) is 0.125. The van der Waals surface area contributed by atoms with Gasteiger partial charge in [-0.15, -0.1) is 22.7 Å². The van der Waals surface area contributed by atoms with Crippen molar-refractivity contribution < 1.29 is 0 Å². The van der Waals surface area contributed by atoms with E-state index in [2.05, 4.69) is 60.1 Å². The quantitative estimate of drug-likeness (QED) is 0.624. The molecule has 1 aromatic carbocycles. The molecule has 4 heteroatoms. The van der Waals surface area contributed by atoms with Crippen molar-refractivity contribution in [2.45, 2.75) is 13.0 Å². The summed E-state index contributed by atoms with van der Waals surface area (Å²) in [6.45, 7) is 2.10. The number of hydrogen-bond donors (Lipinski definition) is 1. The molecule has 1 nitrogen and oxygen atoms in total. The minimum Gasteiger partial charge on any atom is -0.373 e. The van der Waals surface area contributed by atoms with E-state index < -0.39 is 0 Å². The number of halogens is 1. The first-order valence-corrected chi connectivity index (χ1v) is 8.41. The average molecular weight is 320 g/mol. The molecule has 3 aromatic rings. The van der Waals surface area contributed by atoms with Gasteiger partial charge < -0.3 is 5.32 Å². The Morgan fingerprint density at radius 3 is 2.60 bits per heavy atom. The Hall–Kier alpha value is -1.29. The van der Waals surface area contributed by atoms with Gasteiger partial charge in [-0.25, -0.2) is 0 Å². The van der Waals surface area contributed by atoms with Gasteiger partial charge in [0.25, 0.3) is 0 Å². The van der Waals surface area contributed by atoms with E-state index in [4.69, 9.17) is 11.6 Å². The van der Waals surface area contributed by atoms with Gasteiger partial charge in [-0.05, 0) is 48.2 Å². The Kier molecular flexibility index (Phi) is 4.10. The number of aryl methyl sites for hydroxylation is 1. The smallest absolute Gasteiger partial charge is 0.0954 e. The van der Waals surface area contributed by atoms with Gasteiger partial charge in [0.2, 0.25) is 0 Å². The third kappa shape index (κ3) is 3.06. The number of hydrogen-bond acceptors (Lipinski definition) is 3. The predicted molar refractivity (Wildman–Crippen MR) is 90.3 cm³/mol. The third-order valence-corrected chi connectivity index (χ3v) is 5.27. The van der Waals surface area contributed by atoms with E-state index in [1.807, 2.05) is 6.07 Å². The number of rotatable bonds is 4. The summed E-state index contributed by atoms with van der Waals surface area (Å²) in [4.78, 5) is 2.53. The standard InChI is InChI=1S/C16H14ClNS2/c1-11-4-2-5-12(10-11)18-16(13-6-3-9-19-13)14-7-8-15(17)20-14/h2-10,16,18H,1H3. The summed E-state index contributed by atoms with van der Waals surface area (Å²) in [6, 6.07) is 16.9. The van der Waals surface area contributed by atoms with Crippen molar-refractivity contribution >= 4 is 40.0 Å². The second-order valence-electron chi connectivity index (χ2n) is 4.60. The molecule has 0 saturated carbocycles. The molecule has 0 aliphatic rings. The Morgan fingerprint density at radius 1 is 1.05 bits per heavy atom. The van der Waals surface area contributed by atoms with Crippen LogP contribution in [0.25, 0.3) is 0 Å². The molecule has 0 amide bonds. The SMILES string of the molecule is Cc1cccc(NC(c2cccs2)c2ccc(Cl)s2)c1. The molecular weight excluding hydrogens is 306 g/mol. The summed E-state index contributed by atoms with van der Waals surface area (Å²) in [5.41, 5.74) is 2.39. The van der Waals surface area contributed by atoms with Crippen LogP contribution in [-0.2, 0) is 0 Å². The maximum atomic E-state index is 6.09. The van der Waals surface area contributed by atoms with Crippen LogP contribution in [0.5, 0.6) is 0 Å². The van der Waals surface area contributed by atoms with Crippen molar-refractivity contribution in [1.82, 2.24) is 0 Å². The van der Waals surface area contributed by atoms with Gasteiger partial charge in [0.15, 0.2) is 0 Å². The molecule has 20 heavy (non-hydrogen) atoms. The van der Waals surface area contributed by atoms with E-state index in [1.165, 1.54) is 15.3 Å². The van der Waals surface area contributed by atoms with Crippen LogP contribution in [0.2, 0.25) is 4.34 Å². The zero-order valence-electron chi connectivity index (χ0n) is 11.0. The summed E-state index contributed by atoms with van der Waals surface area (Å²) < 4.78 is 0.826. The molecule has 3 rings (SSSR count). The summed E-state index contributed by atoms with van der Waals surface area (Å²) in [5.74, 6) is 0. The molecule has 0 spiro atoms. The minimum atomic E-state index is 0.161. The molecule has 102 valence electrons. The zero-order chi connectivity index (χ0) is 13.9.